The van der Waals surface area contributed by atoms with Crippen LogP contribution in [0.3, 0.4) is 0 Å². The van der Waals surface area contributed by atoms with Crippen LogP contribution in [-0.4, -0.2) is 27.3 Å². The van der Waals surface area contributed by atoms with E-state index in [0.29, 0.717) is 16.7 Å². The van der Waals surface area contributed by atoms with Crippen LogP contribution in [0.1, 0.15) is 6.92 Å². The predicted octanol–water partition coefficient (Wildman–Crippen LogP) is 1.28. The standard InChI is InChI=1S/C9H11N3O2S/c1-5(4-13)15-7-3-2-6(10)8-9(7)12-14-11-8/h2-3,5,13H,4,10H2,1H3. The van der Waals surface area contributed by atoms with Crippen LogP contribution in [0.5, 0.6) is 0 Å². The first-order chi connectivity index (χ1) is 7.22. The molecular formula is C9H11N3O2S. The maximum Gasteiger partial charge on any atom is 0.159 e. The number of nitrogens with zero attached hydrogens (tertiary/aromatic N) is 2. The molecule has 0 saturated carbocycles. The van der Waals surface area contributed by atoms with Gasteiger partial charge in [-0.05, 0) is 22.4 Å². The zero-order valence-electron chi connectivity index (χ0n) is 8.17. The van der Waals surface area contributed by atoms with Crippen LogP contribution in [0, 0.1) is 0 Å². The number of benzene rings is 1. The summed E-state index contributed by atoms with van der Waals surface area (Å²) in [6.07, 6.45) is 0. The first kappa shape index (κ1) is 10.3. The van der Waals surface area contributed by atoms with Crippen molar-refractivity contribution in [2.75, 3.05) is 12.3 Å². The molecule has 0 bridgehead atoms. The van der Waals surface area contributed by atoms with E-state index in [1.54, 1.807) is 6.07 Å². The van der Waals surface area contributed by atoms with Gasteiger partial charge >= 0.3 is 0 Å². The Kier molecular flexibility index (Phi) is 2.79. The van der Waals surface area contributed by atoms with Gasteiger partial charge in [-0.25, -0.2) is 4.63 Å². The monoisotopic (exact) mass is 225 g/mol. The Balaban J connectivity index is 2.43. The maximum atomic E-state index is 8.97. The molecule has 0 aliphatic carbocycles. The van der Waals surface area contributed by atoms with Crippen molar-refractivity contribution in [3.05, 3.63) is 12.1 Å². The lowest BCUT2D eigenvalue weighted by molar-refractivity contribution is 0.300. The molecule has 0 amide bonds. The molecule has 2 rings (SSSR count). The van der Waals surface area contributed by atoms with Gasteiger partial charge in [0.2, 0.25) is 0 Å². The third-order valence-electron chi connectivity index (χ3n) is 1.99. The number of fused-ring (bicyclic) bond motifs is 1. The smallest absolute Gasteiger partial charge is 0.159 e. The van der Waals surface area contributed by atoms with Crippen molar-refractivity contribution in [1.82, 2.24) is 10.3 Å². The van der Waals surface area contributed by atoms with Crippen LogP contribution >= 0.6 is 11.8 Å². The van der Waals surface area contributed by atoms with Gasteiger partial charge in [0.1, 0.15) is 0 Å². The first-order valence-corrected chi connectivity index (χ1v) is 5.38. The third-order valence-corrected chi connectivity index (χ3v) is 3.13. The molecule has 0 radical (unpaired) electrons. The van der Waals surface area contributed by atoms with E-state index in [2.05, 4.69) is 14.9 Å². The Hall–Kier alpha value is -1.27. The lowest BCUT2D eigenvalue weighted by atomic mass is 10.3. The van der Waals surface area contributed by atoms with Gasteiger partial charge in [-0.1, -0.05) is 6.92 Å². The molecule has 3 N–H and O–H groups in total. The molecule has 0 fully saturated rings. The number of aliphatic hydroxyl groups is 1. The van der Waals surface area contributed by atoms with Gasteiger partial charge in [0.15, 0.2) is 11.0 Å². The summed E-state index contributed by atoms with van der Waals surface area (Å²) < 4.78 is 4.65. The van der Waals surface area contributed by atoms with Crippen molar-refractivity contribution in [2.24, 2.45) is 0 Å². The molecule has 1 atom stereocenters. The van der Waals surface area contributed by atoms with Gasteiger partial charge in [-0.3, -0.25) is 0 Å². The first-order valence-electron chi connectivity index (χ1n) is 4.50. The Morgan fingerprint density at radius 2 is 2.20 bits per heavy atom. The fourth-order valence-electron chi connectivity index (χ4n) is 1.21. The van der Waals surface area contributed by atoms with Crippen LogP contribution in [0.2, 0.25) is 0 Å². The second-order valence-corrected chi connectivity index (χ2v) is 4.71. The average Bonchev–Trinajstić information content (AvgIpc) is 2.71. The number of hydrogen-bond acceptors (Lipinski definition) is 6. The van der Waals surface area contributed by atoms with Gasteiger partial charge < -0.3 is 10.8 Å². The summed E-state index contributed by atoms with van der Waals surface area (Å²) in [6, 6.07) is 3.62. The van der Waals surface area contributed by atoms with Crippen LogP contribution in [0.25, 0.3) is 11.0 Å². The highest BCUT2D eigenvalue weighted by molar-refractivity contribution is 8.00. The van der Waals surface area contributed by atoms with Gasteiger partial charge in [-0.15, -0.1) is 11.8 Å². The molecule has 6 heteroatoms. The molecule has 80 valence electrons. The number of hydrogen-bond donors (Lipinski definition) is 2. The summed E-state index contributed by atoms with van der Waals surface area (Å²) in [5.74, 6) is 0. The van der Waals surface area contributed by atoms with Crippen molar-refractivity contribution in [1.29, 1.82) is 0 Å². The normalized spacial score (nSPS) is 13.2. The highest BCUT2D eigenvalue weighted by Gasteiger charge is 2.12. The number of anilines is 1. The summed E-state index contributed by atoms with van der Waals surface area (Å²) in [5, 5.41) is 16.6. The maximum absolute atomic E-state index is 8.97. The van der Waals surface area contributed by atoms with Gasteiger partial charge in [0.05, 0.1) is 12.3 Å². The fraction of sp³-hybridized carbons (Fsp3) is 0.333. The van der Waals surface area contributed by atoms with Crippen LogP contribution < -0.4 is 5.73 Å². The largest absolute Gasteiger partial charge is 0.397 e. The molecule has 0 spiro atoms. The zero-order valence-corrected chi connectivity index (χ0v) is 8.99. The van der Waals surface area contributed by atoms with E-state index < -0.39 is 0 Å². The molecule has 1 heterocycles. The molecule has 0 saturated heterocycles. The highest BCUT2D eigenvalue weighted by atomic mass is 32.2. The van der Waals surface area contributed by atoms with E-state index in [9.17, 15) is 0 Å². The van der Waals surface area contributed by atoms with E-state index in [1.807, 2.05) is 13.0 Å². The quantitative estimate of drug-likeness (QED) is 0.604. The molecule has 1 aromatic carbocycles. The van der Waals surface area contributed by atoms with Gasteiger partial charge in [0, 0.05) is 10.1 Å². The summed E-state index contributed by atoms with van der Waals surface area (Å²) in [5.41, 5.74) is 7.49. The van der Waals surface area contributed by atoms with E-state index in [-0.39, 0.29) is 11.9 Å². The summed E-state index contributed by atoms with van der Waals surface area (Å²) in [7, 11) is 0. The lowest BCUT2D eigenvalue weighted by Gasteiger charge is -2.07. The SMILES string of the molecule is CC(CO)Sc1ccc(N)c2nonc12. The minimum atomic E-state index is 0.105. The minimum absolute atomic E-state index is 0.105. The number of rotatable bonds is 3. The van der Waals surface area contributed by atoms with Crippen molar-refractivity contribution in [2.45, 2.75) is 17.1 Å². The van der Waals surface area contributed by atoms with Crippen LogP contribution in [-0.2, 0) is 0 Å². The van der Waals surface area contributed by atoms with Gasteiger partial charge in [-0.2, -0.15) is 0 Å². The Morgan fingerprint density at radius 3 is 2.93 bits per heavy atom. The molecule has 1 aromatic heterocycles. The van der Waals surface area contributed by atoms with E-state index in [1.165, 1.54) is 11.8 Å². The van der Waals surface area contributed by atoms with Crippen molar-refractivity contribution in [3.8, 4) is 0 Å². The Labute approximate surface area is 90.6 Å². The second-order valence-electron chi connectivity index (χ2n) is 3.23. The number of nitrogens with two attached hydrogens (primary N) is 1. The highest BCUT2D eigenvalue weighted by Crippen LogP contribution is 2.31. The van der Waals surface area contributed by atoms with Crippen LogP contribution in [0.4, 0.5) is 5.69 Å². The lowest BCUT2D eigenvalue weighted by Crippen LogP contribution is -2.01. The summed E-state index contributed by atoms with van der Waals surface area (Å²) in [6.45, 7) is 2.04. The molecule has 2 aromatic rings. The van der Waals surface area contributed by atoms with E-state index >= 15 is 0 Å². The molecule has 0 aliphatic heterocycles. The fourth-order valence-corrected chi connectivity index (χ4v) is 2.11. The number of aromatic nitrogens is 2. The number of thioether (sulfide) groups is 1. The van der Waals surface area contributed by atoms with E-state index in [0.717, 1.165) is 4.90 Å². The average molecular weight is 225 g/mol. The van der Waals surface area contributed by atoms with Crippen molar-refractivity contribution >= 4 is 28.5 Å². The molecule has 0 aliphatic rings. The Bertz CT molecular complexity index is 471. The number of aliphatic hydroxyl groups excluding tert-OH is 1. The molecule has 15 heavy (non-hydrogen) atoms. The molecule has 5 nitrogen and oxygen atoms in total. The Morgan fingerprint density at radius 1 is 1.47 bits per heavy atom. The van der Waals surface area contributed by atoms with Gasteiger partial charge in [0.25, 0.3) is 0 Å². The topological polar surface area (TPSA) is 85.2 Å². The molecule has 1 unspecified atom stereocenters. The molecular weight excluding hydrogens is 214 g/mol. The minimum Gasteiger partial charge on any atom is -0.397 e. The second kappa shape index (κ2) is 4.08. The van der Waals surface area contributed by atoms with Crippen molar-refractivity contribution in [3.63, 3.8) is 0 Å². The van der Waals surface area contributed by atoms with Crippen molar-refractivity contribution < 1.29 is 9.74 Å². The zero-order chi connectivity index (χ0) is 10.8. The van der Waals surface area contributed by atoms with E-state index in [4.69, 9.17) is 10.8 Å². The summed E-state index contributed by atoms with van der Waals surface area (Å²) in [4.78, 5) is 0.919. The number of nitrogen functional groups attached to an aromatic ring is 1. The van der Waals surface area contributed by atoms with Crippen LogP contribution in [0.15, 0.2) is 21.7 Å². The predicted molar refractivity (Wildman–Crippen MR) is 58.6 cm³/mol. The third kappa shape index (κ3) is 1.91. The summed E-state index contributed by atoms with van der Waals surface area (Å²) >= 11 is 1.52.